The lowest BCUT2D eigenvalue weighted by Gasteiger charge is -2.22. The Hall–Kier alpha value is -4.10. The molecule has 0 saturated carbocycles. The first kappa shape index (κ1) is 32.4. The van der Waals surface area contributed by atoms with E-state index in [1.165, 1.54) is 0 Å². The molecule has 1 heterocycles. The van der Waals surface area contributed by atoms with Crippen LogP contribution in [0.1, 0.15) is 45.0 Å². The molecule has 222 valence electrons. The van der Waals surface area contributed by atoms with Crippen LogP contribution in [0.3, 0.4) is 0 Å². The first-order chi connectivity index (χ1) is 19.8. The van der Waals surface area contributed by atoms with Gasteiger partial charge >= 0.3 is 11.9 Å². The summed E-state index contributed by atoms with van der Waals surface area (Å²) in [4.78, 5) is 27.3. The third kappa shape index (κ3) is 6.85. The van der Waals surface area contributed by atoms with Crippen LogP contribution < -0.4 is 14.8 Å². The van der Waals surface area contributed by atoms with Crippen molar-refractivity contribution in [2.75, 3.05) is 44.3 Å². The Bertz CT molecular complexity index is 1610. The minimum atomic E-state index is -0.513. The van der Waals surface area contributed by atoms with Crippen LogP contribution in [-0.4, -0.2) is 51.3 Å². The standard InChI is InChI=1S/C34H39N2O5.ClH/c1-7-35(8-2)24-15-17-28-30(21-24)41-31-22-25(36(9-3)10-4)16-18-29(31)32(28)26-13-11-12-14-27(26)34(38)40-20-19-39-33(37)23(5)6;/h11-18,21-22H,5,7-10,19-20H2,1-4,6H3;1H/q+1;. The SMILES string of the molecule is C=C(C)C(=O)OCCOC(=O)c1ccccc1-c1c2ccc(=[N+](CC)CC)cc-2oc2cc(N(CC)CC)ccc12.Cl. The van der Waals surface area contributed by atoms with Crippen molar-refractivity contribution in [1.82, 2.24) is 4.58 Å². The zero-order valence-corrected chi connectivity index (χ0v) is 25.9. The first-order valence-corrected chi connectivity index (χ1v) is 14.2. The number of hydrogen-bond acceptors (Lipinski definition) is 6. The van der Waals surface area contributed by atoms with Crippen molar-refractivity contribution in [1.29, 1.82) is 0 Å². The molecule has 8 heteroatoms. The predicted octanol–water partition coefficient (Wildman–Crippen LogP) is 6.56. The van der Waals surface area contributed by atoms with Gasteiger partial charge in [0, 0.05) is 53.0 Å². The van der Waals surface area contributed by atoms with Gasteiger partial charge in [0.25, 0.3) is 0 Å². The van der Waals surface area contributed by atoms with E-state index in [-0.39, 0.29) is 25.6 Å². The minimum absolute atomic E-state index is 0. The molecular weight excluding hydrogens is 552 g/mol. The molecule has 0 atom stereocenters. The van der Waals surface area contributed by atoms with Crippen molar-refractivity contribution in [2.45, 2.75) is 34.6 Å². The molecule has 0 saturated heterocycles. The quantitative estimate of drug-likeness (QED) is 0.0647. The minimum Gasteiger partial charge on any atom is -0.459 e. The summed E-state index contributed by atoms with van der Waals surface area (Å²) in [6.07, 6.45) is 0. The predicted molar refractivity (Wildman–Crippen MR) is 171 cm³/mol. The molecule has 1 aliphatic carbocycles. The van der Waals surface area contributed by atoms with Gasteiger partial charge in [0.15, 0.2) is 0 Å². The molecule has 1 aliphatic heterocycles. The number of ether oxygens (including phenoxy) is 2. The number of hydrogen-bond donors (Lipinski definition) is 0. The Kier molecular flexibility index (Phi) is 11.3. The molecule has 0 radical (unpaired) electrons. The lowest BCUT2D eigenvalue weighted by atomic mass is 9.90. The molecule has 0 amide bonds. The van der Waals surface area contributed by atoms with Crippen molar-refractivity contribution in [2.24, 2.45) is 0 Å². The number of fused-ring (bicyclic) bond motifs is 2. The number of nitrogens with zero attached hydrogens (tertiary/aromatic N) is 2. The fourth-order valence-corrected chi connectivity index (χ4v) is 5.08. The van der Waals surface area contributed by atoms with Gasteiger partial charge in [-0.3, -0.25) is 0 Å². The van der Waals surface area contributed by atoms with Gasteiger partial charge in [0.2, 0.25) is 5.36 Å². The highest BCUT2D eigenvalue weighted by Gasteiger charge is 2.23. The smallest absolute Gasteiger partial charge is 0.338 e. The summed E-state index contributed by atoms with van der Waals surface area (Å²) in [5.74, 6) is -0.266. The maximum atomic E-state index is 13.3. The van der Waals surface area contributed by atoms with E-state index in [0.29, 0.717) is 11.1 Å². The summed E-state index contributed by atoms with van der Waals surface area (Å²) in [5.41, 5.74) is 5.08. The largest absolute Gasteiger partial charge is 0.459 e. The van der Waals surface area contributed by atoms with Gasteiger partial charge in [-0.1, -0.05) is 24.8 Å². The number of carbonyl (C=O) groups is 2. The highest BCUT2D eigenvalue weighted by atomic mass is 35.5. The van der Waals surface area contributed by atoms with E-state index in [0.717, 1.165) is 70.6 Å². The molecule has 0 aromatic heterocycles. The first-order valence-electron chi connectivity index (χ1n) is 14.2. The highest BCUT2D eigenvalue weighted by molar-refractivity contribution is 6.08. The zero-order chi connectivity index (χ0) is 29.5. The third-order valence-corrected chi connectivity index (χ3v) is 7.26. The monoisotopic (exact) mass is 591 g/mol. The second-order valence-electron chi connectivity index (χ2n) is 9.78. The van der Waals surface area contributed by atoms with E-state index >= 15 is 0 Å². The molecule has 2 aromatic rings. The van der Waals surface area contributed by atoms with Gasteiger partial charge in [0.05, 0.1) is 11.6 Å². The average molecular weight is 592 g/mol. The molecule has 7 nitrogen and oxygen atoms in total. The highest BCUT2D eigenvalue weighted by Crippen LogP contribution is 2.42. The second kappa shape index (κ2) is 14.7. The zero-order valence-electron chi connectivity index (χ0n) is 25.1. The summed E-state index contributed by atoms with van der Waals surface area (Å²) in [5, 5.41) is 1.98. The third-order valence-electron chi connectivity index (χ3n) is 7.26. The van der Waals surface area contributed by atoms with Gasteiger partial charge in [-0.25, -0.2) is 14.2 Å². The summed E-state index contributed by atoms with van der Waals surface area (Å²) in [6, 6.07) is 19.9. The average Bonchev–Trinajstić information content (AvgIpc) is 2.99. The summed E-state index contributed by atoms with van der Waals surface area (Å²) >= 11 is 0. The summed E-state index contributed by atoms with van der Waals surface area (Å²) in [7, 11) is 0. The van der Waals surface area contributed by atoms with Crippen molar-refractivity contribution >= 4 is 41.0 Å². The summed E-state index contributed by atoms with van der Waals surface area (Å²) < 4.78 is 19.4. The van der Waals surface area contributed by atoms with Gasteiger partial charge in [-0.05, 0) is 64.4 Å². The molecule has 2 aromatic carbocycles. The van der Waals surface area contributed by atoms with E-state index in [9.17, 15) is 9.59 Å². The molecule has 0 fully saturated rings. The van der Waals surface area contributed by atoms with E-state index < -0.39 is 11.9 Å². The molecule has 42 heavy (non-hydrogen) atoms. The van der Waals surface area contributed by atoms with Gasteiger partial charge in [-0.15, -0.1) is 12.4 Å². The van der Waals surface area contributed by atoms with E-state index in [2.05, 4.69) is 80.1 Å². The van der Waals surface area contributed by atoms with Gasteiger partial charge < -0.3 is 18.8 Å². The topological polar surface area (TPSA) is 72.0 Å². The molecule has 0 unspecified atom stereocenters. The lowest BCUT2D eigenvalue weighted by Crippen LogP contribution is -2.29. The normalized spacial score (nSPS) is 10.7. The van der Waals surface area contributed by atoms with Crippen LogP contribution in [-0.2, 0) is 14.3 Å². The number of rotatable bonds is 11. The number of benzene rings is 3. The van der Waals surface area contributed by atoms with Crippen LogP contribution in [0.4, 0.5) is 5.69 Å². The van der Waals surface area contributed by atoms with Crippen LogP contribution in [0.25, 0.3) is 33.4 Å². The Morgan fingerprint density at radius 1 is 0.881 bits per heavy atom. The van der Waals surface area contributed by atoms with Gasteiger partial charge in [0.1, 0.15) is 37.6 Å². The van der Waals surface area contributed by atoms with Crippen LogP contribution >= 0.6 is 12.4 Å². The fraction of sp³-hybridized carbons (Fsp3) is 0.324. The van der Waals surface area contributed by atoms with E-state index in [1.807, 2.05) is 18.2 Å². The number of carbonyl (C=O) groups excluding carboxylic acids is 2. The molecule has 0 spiro atoms. The van der Waals surface area contributed by atoms with Crippen molar-refractivity contribution in [3.05, 3.63) is 83.7 Å². The summed E-state index contributed by atoms with van der Waals surface area (Å²) in [6.45, 7) is 17.1. The molecule has 0 bridgehead atoms. The Labute approximate surface area is 253 Å². The maximum Gasteiger partial charge on any atom is 0.338 e. The van der Waals surface area contributed by atoms with Crippen LogP contribution in [0.2, 0.25) is 0 Å². The Morgan fingerprint density at radius 3 is 2.24 bits per heavy atom. The van der Waals surface area contributed by atoms with Crippen molar-refractivity contribution in [3.63, 3.8) is 0 Å². The molecular formula is C34H40ClN2O5+. The number of esters is 2. The Morgan fingerprint density at radius 2 is 1.57 bits per heavy atom. The van der Waals surface area contributed by atoms with Crippen LogP contribution in [0, 0.1) is 0 Å². The van der Waals surface area contributed by atoms with Gasteiger partial charge in [-0.2, -0.15) is 0 Å². The molecule has 2 aliphatic rings. The molecule has 0 N–H and O–H groups in total. The second-order valence-corrected chi connectivity index (χ2v) is 9.78. The van der Waals surface area contributed by atoms with Crippen molar-refractivity contribution < 1.29 is 23.5 Å². The maximum absolute atomic E-state index is 13.3. The fourth-order valence-electron chi connectivity index (χ4n) is 5.08. The van der Waals surface area contributed by atoms with E-state index in [1.54, 1.807) is 13.0 Å². The van der Waals surface area contributed by atoms with Crippen LogP contribution in [0.15, 0.2) is 77.2 Å². The number of halogens is 1. The van der Waals surface area contributed by atoms with Crippen LogP contribution in [0.5, 0.6) is 0 Å². The molecule has 4 rings (SSSR count). The van der Waals surface area contributed by atoms with Crippen molar-refractivity contribution in [3.8, 4) is 22.5 Å². The van der Waals surface area contributed by atoms with E-state index in [4.69, 9.17) is 13.9 Å². The Balaban J connectivity index is 0.00000484. The number of anilines is 1. The lowest BCUT2D eigenvalue weighted by molar-refractivity contribution is -0.140.